The molecule has 1 saturated heterocycles. The summed E-state index contributed by atoms with van der Waals surface area (Å²) in [6, 6.07) is 8.95. The Hall–Kier alpha value is -2.30. The summed E-state index contributed by atoms with van der Waals surface area (Å²) in [5.74, 6) is -0.488. The number of hydrogen-bond acceptors (Lipinski definition) is 4. The second-order valence-electron chi connectivity index (χ2n) is 4.95. The highest BCUT2D eigenvalue weighted by atomic mass is 35.5. The minimum absolute atomic E-state index is 0.122. The van der Waals surface area contributed by atoms with Crippen molar-refractivity contribution < 1.29 is 4.79 Å². The van der Waals surface area contributed by atoms with Crippen LogP contribution in [0.1, 0.15) is 13.3 Å². The molecule has 1 aromatic carbocycles. The maximum Gasteiger partial charge on any atom is 0.228 e. The Morgan fingerprint density at radius 3 is 2.91 bits per heavy atom. The third-order valence-electron chi connectivity index (χ3n) is 3.36. The average Bonchev–Trinajstić information content (AvgIpc) is 2.45. The molecule has 5 N–H and O–H groups in total. The summed E-state index contributed by atoms with van der Waals surface area (Å²) in [6.45, 7) is 1.83. The maximum absolute atomic E-state index is 11.9. The number of guanidine groups is 1. The summed E-state index contributed by atoms with van der Waals surface area (Å²) in [5, 5.41) is 17.9. The first-order valence-electron chi connectivity index (χ1n) is 6.79. The first kappa shape index (κ1) is 16.1. The van der Waals surface area contributed by atoms with Gasteiger partial charge in [0, 0.05) is 12.5 Å². The van der Waals surface area contributed by atoms with Crippen LogP contribution in [0.2, 0.25) is 5.02 Å². The van der Waals surface area contributed by atoms with Crippen LogP contribution >= 0.6 is 11.6 Å². The van der Waals surface area contributed by atoms with E-state index in [0.717, 1.165) is 0 Å². The quantitative estimate of drug-likeness (QED) is 0.489. The molecule has 1 fully saturated rings. The van der Waals surface area contributed by atoms with E-state index in [1.54, 1.807) is 18.2 Å². The van der Waals surface area contributed by atoms with E-state index in [1.807, 2.05) is 19.1 Å². The van der Waals surface area contributed by atoms with E-state index in [9.17, 15) is 4.79 Å². The highest BCUT2D eigenvalue weighted by Gasteiger charge is 2.33. The Kier molecular flexibility index (Phi) is 5.20. The van der Waals surface area contributed by atoms with E-state index in [4.69, 9.17) is 22.6 Å². The molecule has 3 atom stereocenters. The summed E-state index contributed by atoms with van der Waals surface area (Å²) in [4.78, 5) is 16.1. The predicted octanol–water partition coefficient (Wildman–Crippen LogP) is 0.988. The van der Waals surface area contributed by atoms with Gasteiger partial charge in [0.2, 0.25) is 5.91 Å². The highest BCUT2D eigenvalue weighted by molar-refractivity contribution is 6.33. The van der Waals surface area contributed by atoms with Crippen LogP contribution in [0.5, 0.6) is 0 Å². The molecule has 1 aliphatic heterocycles. The largest absolute Gasteiger partial charge is 0.370 e. The van der Waals surface area contributed by atoms with Gasteiger partial charge in [-0.3, -0.25) is 10.1 Å². The molecule has 116 valence electrons. The van der Waals surface area contributed by atoms with Gasteiger partial charge in [-0.15, -0.1) is 0 Å². The average molecular weight is 321 g/mol. The van der Waals surface area contributed by atoms with Gasteiger partial charge in [0.25, 0.3) is 0 Å². The van der Waals surface area contributed by atoms with Crippen LogP contribution in [-0.2, 0) is 4.79 Å². The van der Waals surface area contributed by atoms with Gasteiger partial charge in [-0.25, -0.2) is 4.99 Å². The van der Waals surface area contributed by atoms with Crippen molar-refractivity contribution in [3.63, 3.8) is 0 Å². The fourth-order valence-corrected chi connectivity index (χ4v) is 2.37. The normalized spacial score (nSPS) is 25.2. The molecule has 1 aromatic rings. The van der Waals surface area contributed by atoms with Gasteiger partial charge >= 0.3 is 0 Å². The van der Waals surface area contributed by atoms with Crippen LogP contribution in [0, 0.1) is 17.2 Å². The van der Waals surface area contributed by atoms with E-state index in [1.165, 1.54) is 0 Å². The lowest BCUT2D eigenvalue weighted by atomic mass is 9.95. The lowest BCUT2D eigenvalue weighted by molar-refractivity contribution is -0.129. The van der Waals surface area contributed by atoms with Gasteiger partial charge in [0.05, 0.1) is 22.7 Å². The number of nitrogens with zero attached hydrogens (tertiary/aromatic N) is 2. The minimum atomic E-state index is -0.646. The standard InChI is InChI=1S/C14H17ClN6O/c1-8-9(6-7-16)12(22)20-14(18-8)21-13(17)19-11-5-3-2-4-10(11)15/h2-5,8-9,14,18H,6H2,1H3,(H,20,22)(H3,17,19,21). The Labute approximate surface area is 133 Å². The summed E-state index contributed by atoms with van der Waals surface area (Å²) < 4.78 is 0. The fourth-order valence-electron chi connectivity index (χ4n) is 2.18. The number of para-hydroxylation sites is 1. The van der Waals surface area contributed by atoms with Crippen molar-refractivity contribution in [2.24, 2.45) is 16.6 Å². The van der Waals surface area contributed by atoms with Gasteiger partial charge in [0.15, 0.2) is 12.2 Å². The monoisotopic (exact) mass is 320 g/mol. The van der Waals surface area contributed by atoms with E-state index in [2.05, 4.69) is 20.9 Å². The number of carbonyl (C=O) groups is 1. The number of hydrogen-bond donors (Lipinski definition) is 4. The van der Waals surface area contributed by atoms with Crippen molar-refractivity contribution in [3.8, 4) is 6.07 Å². The van der Waals surface area contributed by atoms with Gasteiger partial charge in [-0.05, 0) is 19.1 Å². The number of nitrogens with two attached hydrogens (primary N) is 1. The molecule has 0 bridgehead atoms. The van der Waals surface area contributed by atoms with Crippen molar-refractivity contribution in [1.29, 1.82) is 5.26 Å². The molecule has 1 aliphatic rings. The maximum atomic E-state index is 11.9. The highest BCUT2D eigenvalue weighted by Crippen LogP contribution is 2.20. The van der Waals surface area contributed by atoms with Crippen LogP contribution in [0.4, 0.5) is 5.69 Å². The van der Waals surface area contributed by atoms with Crippen LogP contribution < -0.4 is 21.7 Å². The lowest BCUT2D eigenvalue weighted by Crippen LogP contribution is -2.60. The van der Waals surface area contributed by atoms with Crippen molar-refractivity contribution >= 4 is 29.2 Å². The van der Waals surface area contributed by atoms with E-state index < -0.39 is 12.2 Å². The van der Waals surface area contributed by atoms with E-state index >= 15 is 0 Å². The van der Waals surface area contributed by atoms with Gasteiger partial charge in [0.1, 0.15) is 0 Å². The molecule has 22 heavy (non-hydrogen) atoms. The van der Waals surface area contributed by atoms with E-state index in [-0.39, 0.29) is 24.3 Å². The van der Waals surface area contributed by atoms with Crippen molar-refractivity contribution in [3.05, 3.63) is 29.3 Å². The third-order valence-corrected chi connectivity index (χ3v) is 3.69. The van der Waals surface area contributed by atoms with Crippen LogP contribution in [0.3, 0.4) is 0 Å². The number of rotatable bonds is 3. The zero-order valence-corrected chi connectivity index (χ0v) is 12.8. The molecule has 3 unspecified atom stereocenters. The molecule has 0 spiro atoms. The Bertz CT molecular complexity index is 626. The van der Waals surface area contributed by atoms with Gasteiger partial charge in [-0.2, -0.15) is 5.26 Å². The first-order chi connectivity index (χ1) is 10.5. The molecule has 7 nitrogen and oxygen atoms in total. The number of carbonyl (C=O) groups excluding carboxylic acids is 1. The number of nitriles is 1. The van der Waals surface area contributed by atoms with Crippen molar-refractivity contribution in [2.45, 2.75) is 25.7 Å². The van der Waals surface area contributed by atoms with Gasteiger partial charge in [-0.1, -0.05) is 23.7 Å². The molecular formula is C14H17ClN6O. The van der Waals surface area contributed by atoms with Crippen LogP contribution in [0.25, 0.3) is 0 Å². The summed E-state index contributed by atoms with van der Waals surface area (Å²) >= 11 is 6.02. The second kappa shape index (κ2) is 7.11. The van der Waals surface area contributed by atoms with Crippen molar-refractivity contribution in [1.82, 2.24) is 10.6 Å². The molecule has 1 heterocycles. The molecule has 0 aromatic heterocycles. The third kappa shape index (κ3) is 3.87. The predicted molar refractivity (Wildman–Crippen MR) is 84.9 cm³/mol. The smallest absolute Gasteiger partial charge is 0.228 e. The molecule has 8 heteroatoms. The minimum Gasteiger partial charge on any atom is -0.370 e. The summed E-state index contributed by atoms with van der Waals surface area (Å²) in [7, 11) is 0. The SMILES string of the molecule is CC1NC(/N=C(\N)Nc2ccccc2Cl)NC(=O)C1CC#N. The Morgan fingerprint density at radius 2 is 2.27 bits per heavy atom. The van der Waals surface area contributed by atoms with Crippen LogP contribution in [0.15, 0.2) is 29.3 Å². The number of anilines is 1. The zero-order chi connectivity index (χ0) is 16.1. The zero-order valence-electron chi connectivity index (χ0n) is 12.0. The number of aliphatic imine (C=N–C) groups is 1. The number of halogens is 1. The fraction of sp³-hybridized carbons (Fsp3) is 0.357. The number of benzene rings is 1. The number of amides is 1. The van der Waals surface area contributed by atoms with E-state index in [0.29, 0.717) is 10.7 Å². The second-order valence-corrected chi connectivity index (χ2v) is 5.36. The summed E-state index contributed by atoms with van der Waals surface area (Å²) in [6.07, 6.45) is -0.489. The first-order valence-corrected chi connectivity index (χ1v) is 7.17. The summed E-state index contributed by atoms with van der Waals surface area (Å²) in [5.41, 5.74) is 6.45. The van der Waals surface area contributed by atoms with Crippen molar-refractivity contribution in [2.75, 3.05) is 5.32 Å². The molecular weight excluding hydrogens is 304 g/mol. The molecule has 0 aliphatic carbocycles. The molecule has 0 saturated carbocycles. The lowest BCUT2D eigenvalue weighted by Gasteiger charge is -2.32. The Balaban J connectivity index is 2.03. The van der Waals surface area contributed by atoms with Gasteiger partial charge < -0.3 is 16.4 Å². The number of nitrogens with one attached hydrogen (secondary N) is 3. The molecule has 0 radical (unpaired) electrons. The van der Waals surface area contributed by atoms with Crippen LogP contribution in [-0.4, -0.2) is 24.2 Å². The Morgan fingerprint density at radius 1 is 1.55 bits per heavy atom. The molecule has 2 rings (SSSR count). The topological polar surface area (TPSA) is 115 Å². The molecule has 1 amide bonds.